The van der Waals surface area contributed by atoms with Gasteiger partial charge in [0.15, 0.2) is 11.2 Å². The Bertz CT molecular complexity index is 1440. The molecule has 34 heavy (non-hydrogen) atoms. The monoisotopic (exact) mass is 516 g/mol. The molecule has 1 atom stereocenters. The lowest BCUT2D eigenvalue weighted by molar-refractivity contribution is -0.153. The molecule has 11 heteroatoms. The number of hydrogen-bond acceptors (Lipinski definition) is 7. The number of thiazole rings is 1. The van der Waals surface area contributed by atoms with Crippen LogP contribution in [0.25, 0.3) is 22.2 Å². The van der Waals surface area contributed by atoms with Crippen molar-refractivity contribution in [3.05, 3.63) is 74.1 Å². The van der Waals surface area contributed by atoms with Gasteiger partial charge < -0.3 is 9.72 Å². The van der Waals surface area contributed by atoms with Crippen LogP contribution in [0.4, 0.5) is 5.13 Å². The first kappa shape index (κ1) is 23.9. The second kappa shape index (κ2) is 10.3. The van der Waals surface area contributed by atoms with E-state index in [1.165, 1.54) is 18.3 Å². The summed E-state index contributed by atoms with van der Waals surface area (Å²) in [5.74, 6) is -0.731. The van der Waals surface area contributed by atoms with Crippen LogP contribution in [0, 0.1) is 0 Å². The van der Waals surface area contributed by atoms with Gasteiger partial charge in [-0.05, 0) is 31.2 Å². The number of amides is 1. The lowest BCUT2D eigenvalue weighted by Crippen LogP contribution is -2.30. The number of aryl methyl sites for hydroxylation is 1. The molecule has 2 N–H and O–H groups in total. The Hall–Kier alpha value is -3.27. The van der Waals surface area contributed by atoms with E-state index in [1.807, 2.05) is 0 Å². The lowest BCUT2D eigenvalue weighted by atomic mass is 10.2. The van der Waals surface area contributed by atoms with Gasteiger partial charge in [0.1, 0.15) is 5.82 Å². The Morgan fingerprint density at radius 1 is 1.15 bits per heavy atom. The number of carbonyl (C=O) groups is 2. The van der Waals surface area contributed by atoms with Crippen LogP contribution < -0.4 is 10.9 Å². The van der Waals surface area contributed by atoms with E-state index in [9.17, 15) is 14.4 Å². The van der Waals surface area contributed by atoms with Crippen LogP contribution in [0.5, 0.6) is 0 Å². The highest BCUT2D eigenvalue weighted by molar-refractivity contribution is 7.14. The molecule has 0 spiro atoms. The number of rotatable bonds is 7. The maximum absolute atomic E-state index is 12.4. The molecule has 4 aromatic rings. The first-order valence-electron chi connectivity index (χ1n) is 10.2. The Balaban J connectivity index is 1.31. The summed E-state index contributed by atoms with van der Waals surface area (Å²) < 4.78 is 5.22. The Labute approximate surface area is 207 Å². The summed E-state index contributed by atoms with van der Waals surface area (Å²) in [6, 6.07) is 12.1. The van der Waals surface area contributed by atoms with Gasteiger partial charge in [0, 0.05) is 17.4 Å². The summed E-state index contributed by atoms with van der Waals surface area (Å²) in [5.41, 5.74) is 1.66. The second-order valence-corrected chi connectivity index (χ2v) is 8.99. The predicted octanol–water partition coefficient (Wildman–Crippen LogP) is 4.86. The average Bonchev–Trinajstić information content (AvgIpc) is 3.28. The highest BCUT2D eigenvalue weighted by atomic mass is 35.5. The topological polar surface area (TPSA) is 114 Å². The quantitative estimate of drug-likeness (QED) is 0.339. The van der Waals surface area contributed by atoms with Crippen LogP contribution >= 0.6 is 34.5 Å². The number of halogens is 2. The van der Waals surface area contributed by atoms with Crippen molar-refractivity contribution in [2.75, 3.05) is 5.32 Å². The first-order valence-corrected chi connectivity index (χ1v) is 11.8. The van der Waals surface area contributed by atoms with Gasteiger partial charge in [-0.3, -0.25) is 19.7 Å². The van der Waals surface area contributed by atoms with Crippen LogP contribution in [0.3, 0.4) is 0 Å². The van der Waals surface area contributed by atoms with Gasteiger partial charge >= 0.3 is 5.97 Å². The van der Waals surface area contributed by atoms with Crippen LogP contribution in [0.15, 0.2) is 52.6 Å². The molecule has 0 radical (unpaired) electrons. The number of H-pyrrole nitrogens is 1. The van der Waals surface area contributed by atoms with Gasteiger partial charge in [0.25, 0.3) is 11.5 Å². The number of carbonyl (C=O) groups excluding carboxylic acids is 2. The highest BCUT2D eigenvalue weighted by Gasteiger charge is 2.20. The molecule has 1 amide bonds. The number of nitrogens with zero attached hydrogens (tertiary/aromatic N) is 2. The lowest BCUT2D eigenvalue weighted by Gasteiger charge is -2.12. The molecule has 0 bridgehead atoms. The van der Waals surface area contributed by atoms with Gasteiger partial charge in [-0.15, -0.1) is 11.3 Å². The van der Waals surface area contributed by atoms with Crippen LogP contribution in [-0.4, -0.2) is 32.9 Å². The van der Waals surface area contributed by atoms with E-state index < -0.39 is 18.0 Å². The zero-order valence-corrected chi connectivity index (χ0v) is 20.1. The highest BCUT2D eigenvalue weighted by Crippen LogP contribution is 2.30. The summed E-state index contributed by atoms with van der Waals surface area (Å²) in [6.07, 6.45) is -0.905. The number of esters is 1. The zero-order valence-electron chi connectivity index (χ0n) is 17.8. The van der Waals surface area contributed by atoms with Crippen molar-refractivity contribution in [3.8, 4) is 11.3 Å². The molecule has 2 aromatic carbocycles. The van der Waals surface area contributed by atoms with Crippen molar-refractivity contribution in [3.63, 3.8) is 0 Å². The summed E-state index contributed by atoms with van der Waals surface area (Å²) >= 11 is 13.2. The largest absolute Gasteiger partial charge is 0.453 e. The molecule has 0 fully saturated rings. The standard InChI is InChI=1S/C23H18Cl2N4O4S/c1-12(21(31)29-23-27-18(11-34-23)13-6-7-15(24)16(25)10-13)33-20(30)9-8-19-26-17-5-3-2-4-14(17)22(32)28-19/h2-7,10-12H,8-9H2,1H3,(H,26,28,32)(H,27,29,31). The summed E-state index contributed by atoms with van der Waals surface area (Å²) in [5, 5.41) is 6.07. The number of nitrogens with one attached hydrogen (secondary N) is 2. The molecule has 2 aromatic heterocycles. The fourth-order valence-corrected chi connectivity index (χ4v) is 4.13. The van der Waals surface area contributed by atoms with Crippen molar-refractivity contribution in [1.82, 2.24) is 15.0 Å². The number of ether oxygens (including phenoxy) is 1. The molecule has 0 aliphatic heterocycles. The normalized spacial score (nSPS) is 11.9. The third kappa shape index (κ3) is 5.61. The minimum atomic E-state index is -1.03. The van der Waals surface area contributed by atoms with Crippen molar-refractivity contribution in [2.24, 2.45) is 0 Å². The molecule has 174 valence electrons. The molecule has 1 unspecified atom stereocenters. The number of para-hydroxylation sites is 1. The third-order valence-corrected chi connectivity index (χ3v) is 6.35. The molecule has 0 aliphatic rings. The Morgan fingerprint density at radius 3 is 2.74 bits per heavy atom. The molecular formula is C23H18Cl2N4O4S. The minimum Gasteiger partial charge on any atom is -0.453 e. The Kier molecular flexibility index (Phi) is 7.26. The van der Waals surface area contributed by atoms with Crippen molar-refractivity contribution >= 4 is 62.4 Å². The van der Waals surface area contributed by atoms with E-state index >= 15 is 0 Å². The Morgan fingerprint density at radius 2 is 1.94 bits per heavy atom. The molecule has 0 saturated heterocycles. The second-order valence-electron chi connectivity index (χ2n) is 7.32. The van der Waals surface area contributed by atoms with Gasteiger partial charge in [-0.25, -0.2) is 9.97 Å². The van der Waals surface area contributed by atoms with Gasteiger partial charge in [-0.2, -0.15) is 0 Å². The fourth-order valence-electron chi connectivity index (χ4n) is 3.11. The number of hydrogen-bond donors (Lipinski definition) is 2. The van der Waals surface area contributed by atoms with E-state index in [2.05, 4.69) is 20.3 Å². The smallest absolute Gasteiger partial charge is 0.307 e. The number of anilines is 1. The summed E-state index contributed by atoms with van der Waals surface area (Å²) in [4.78, 5) is 48.2. The van der Waals surface area contributed by atoms with Crippen LogP contribution in [0.2, 0.25) is 10.0 Å². The van der Waals surface area contributed by atoms with Crippen molar-refractivity contribution in [2.45, 2.75) is 25.9 Å². The van der Waals surface area contributed by atoms with E-state index in [0.29, 0.717) is 37.6 Å². The third-order valence-electron chi connectivity index (χ3n) is 4.85. The number of fused-ring (bicyclic) bond motifs is 1. The number of aromatic amines is 1. The van der Waals surface area contributed by atoms with Gasteiger partial charge in [-0.1, -0.05) is 41.4 Å². The van der Waals surface area contributed by atoms with E-state index in [-0.39, 0.29) is 18.4 Å². The SMILES string of the molecule is CC(OC(=O)CCc1nc2ccccc2c(=O)[nH]1)C(=O)Nc1nc(-c2ccc(Cl)c(Cl)c2)cs1. The fraction of sp³-hybridized carbons (Fsp3) is 0.174. The molecular weight excluding hydrogens is 499 g/mol. The maximum Gasteiger partial charge on any atom is 0.307 e. The van der Waals surface area contributed by atoms with Gasteiger partial charge in [0.05, 0.1) is 33.1 Å². The number of aromatic nitrogens is 3. The van der Waals surface area contributed by atoms with Crippen molar-refractivity contribution in [1.29, 1.82) is 0 Å². The molecule has 0 saturated carbocycles. The zero-order chi connectivity index (χ0) is 24.2. The average molecular weight is 517 g/mol. The number of benzene rings is 2. The molecule has 2 heterocycles. The van der Waals surface area contributed by atoms with Gasteiger partial charge in [0.2, 0.25) is 0 Å². The van der Waals surface area contributed by atoms with Crippen LogP contribution in [-0.2, 0) is 20.7 Å². The minimum absolute atomic E-state index is 0.0440. The predicted molar refractivity (Wildman–Crippen MR) is 132 cm³/mol. The molecule has 8 nitrogen and oxygen atoms in total. The van der Waals surface area contributed by atoms with Crippen molar-refractivity contribution < 1.29 is 14.3 Å². The molecule has 4 rings (SSSR count). The molecule has 0 aliphatic carbocycles. The summed E-state index contributed by atoms with van der Waals surface area (Å²) in [6.45, 7) is 1.47. The maximum atomic E-state index is 12.4. The van der Waals surface area contributed by atoms with E-state index in [0.717, 1.165) is 5.56 Å². The van der Waals surface area contributed by atoms with Crippen LogP contribution in [0.1, 0.15) is 19.2 Å². The summed E-state index contributed by atoms with van der Waals surface area (Å²) in [7, 11) is 0. The van der Waals surface area contributed by atoms with E-state index in [4.69, 9.17) is 27.9 Å². The first-order chi connectivity index (χ1) is 16.3. The van der Waals surface area contributed by atoms with E-state index in [1.54, 1.807) is 47.8 Å².